The zero-order chi connectivity index (χ0) is 46.7. The number of hydrogen-bond acceptors (Lipinski definition) is 9. The molecule has 0 unspecified atom stereocenters. The van der Waals surface area contributed by atoms with E-state index in [9.17, 15) is 35.7 Å². The number of anilines is 3. The van der Waals surface area contributed by atoms with Crippen molar-refractivity contribution in [2.45, 2.75) is 25.7 Å². The summed E-state index contributed by atoms with van der Waals surface area (Å²) in [4.78, 5) is 2.27. The molecule has 2 aliphatic rings. The minimum atomic E-state index is -1.03. The third kappa shape index (κ3) is 5.64. The van der Waals surface area contributed by atoms with Crippen LogP contribution in [0.25, 0.3) is 77.3 Å². The van der Waals surface area contributed by atoms with E-state index < -0.39 is 40.2 Å². The molecule has 0 saturated carbocycles. The SMILES string of the molecule is CC1(C)c2ccccc2-c2cccc(N(c3ccc(C4=CC=CC=CC4)cc3)c3cccc4oc5ccc(-c6c(O)c(O)c7c(c6O)c6c(O)c(O)c(O)c(O)c6n7-c6ccccc6)cc5c34)c21. The predicted molar refractivity (Wildman–Crippen MR) is 268 cm³/mol. The molecule has 68 heavy (non-hydrogen) atoms. The van der Waals surface area contributed by atoms with Crippen molar-refractivity contribution in [3.8, 4) is 68.2 Å². The van der Waals surface area contributed by atoms with Gasteiger partial charge in [-0.3, -0.25) is 0 Å². The van der Waals surface area contributed by atoms with Crippen LogP contribution in [-0.4, -0.2) is 40.3 Å². The average molecular weight is 895 g/mol. The minimum Gasteiger partial charge on any atom is -0.506 e. The lowest BCUT2D eigenvalue weighted by Crippen LogP contribution is -2.20. The molecule has 0 atom stereocenters. The molecule has 0 spiro atoms. The zero-order valence-corrected chi connectivity index (χ0v) is 36.7. The van der Waals surface area contributed by atoms with Gasteiger partial charge in [-0.05, 0) is 100.0 Å². The number of hydrogen-bond donors (Lipinski definition) is 7. The third-order valence-electron chi connectivity index (χ3n) is 13.8. The molecule has 10 aromatic rings. The number of nitrogens with zero attached hydrogens (tertiary/aromatic N) is 2. The molecular formula is C58H42N2O8. The predicted octanol–water partition coefficient (Wildman–Crippen LogP) is 14.0. The normalized spacial score (nSPS) is 13.9. The second-order valence-corrected chi connectivity index (χ2v) is 17.9. The first kappa shape index (κ1) is 40.5. The number of benzene rings is 8. The van der Waals surface area contributed by atoms with Crippen LogP contribution < -0.4 is 4.90 Å². The maximum Gasteiger partial charge on any atom is 0.206 e. The standard InChI is InChI=1S/C58H42N2O8/c1-58(2)39-20-11-10-18-36(39)37-19-12-22-41(48(37)58)59(35-27-24-32(25-28-35)31-14-6-3-4-7-15-31)40-21-13-23-43-45(40)38-30-33(26-29-42(38)68-43)44-51(61)46-47-50(55(65)57(67)56(66)53(47)63)60(34-16-8-5-9-17-34)49(46)54(64)52(44)62/h3-14,16-30,61-67H,15H2,1-2H3. The van der Waals surface area contributed by atoms with Crippen molar-refractivity contribution >= 4 is 66.4 Å². The van der Waals surface area contributed by atoms with Gasteiger partial charge in [-0.15, -0.1) is 0 Å². The van der Waals surface area contributed by atoms with Crippen LogP contribution in [-0.2, 0) is 5.41 Å². The Morgan fingerprint density at radius 2 is 1.19 bits per heavy atom. The van der Waals surface area contributed by atoms with E-state index in [0.717, 1.165) is 40.0 Å². The maximum absolute atomic E-state index is 12.4. The number of allylic oxidation sites excluding steroid dienone is 6. The monoisotopic (exact) mass is 894 g/mol. The van der Waals surface area contributed by atoms with E-state index in [1.165, 1.54) is 26.8 Å². The van der Waals surface area contributed by atoms with Gasteiger partial charge in [-0.1, -0.05) is 123 Å². The Bertz CT molecular complexity index is 3870. The average Bonchev–Trinajstić information content (AvgIpc) is 3.89. The van der Waals surface area contributed by atoms with E-state index in [2.05, 4.69) is 116 Å². The summed E-state index contributed by atoms with van der Waals surface area (Å²) >= 11 is 0. The number of furan rings is 1. The summed E-state index contributed by atoms with van der Waals surface area (Å²) in [7, 11) is 0. The molecule has 2 heterocycles. The Labute approximate surface area is 389 Å². The molecule has 0 saturated heterocycles. The van der Waals surface area contributed by atoms with Gasteiger partial charge in [0, 0.05) is 22.2 Å². The highest BCUT2D eigenvalue weighted by atomic mass is 16.3. The quantitative estimate of drug-likeness (QED) is 0.0636. The molecular weight excluding hydrogens is 853 g/mol. The van der Waals surface area contributed by atoms with Crippen molar-refractivity contribution in [3.63, 3.8) is 0 Å². The highest BCUT2D eigenvalue weighted by Gasteiger charge is 2.39. The number of phenols is 7. The van der Waals surface area contributed by atoms with E-state index in [-0.39, 0.29) is 38.3 Å². The molecule has 7 N–H and O–H groups in total. The van der Waals surface area contributed by atoms with Gasteiger partial charge in [0.1, 0.15) is 27.9 Å². The van der Waals surface area contributed by atoms with Crippen molar-refractivity contribution in [2.24, 2.45) is 0 Å². The Kier molecular flexibility index (Phi) is 8.78. The third-order valence-corrected chi connectivity index (χ3v) is 13.8. The van der Waals surface area contributed by atoms with Crippen LogP contribution in [0, 0.1) is 0 Å². The van der Waals surface area contributed by atoms with E-state index in [0.29, 0.717) is 22.2 Å². The summed E-state index contributed by atoms with van der Waals surface area (Å²) in [5.41, 5.74) is 10.5. The van der Waals surface area contributed by atoms with E-state index in [1.807, 2.05) is 18.2 Å². The molecule has 0 aliphatic heterocycles. The van der Waals surface area contributed by atoms with E-state index >= 15 is 0 Å². The molecule has 0 amide bonds. The van der Waals surface area contributed by atoms with Crippen molar-refractivity contribution in [1.82, 2.24) is 4.57 Å². The zero-order valence-electron chi connectivity index (χ0n) is 36.7. The van der Waals surface area contributed by atoms with Gasteiger partial charge in [0.15, 0.2) is 23.0 Å². The number of para-hydroxylation sites is 1. The van der Waals surface area contributed by atoms with Crippen molar-refractivity contribution in [1.29, 1.82) is 0 Å². The summed E-state index contributed by atoms with van der Waals surface area (Å²) in [6.45, 7) is 4.52. The van der Waals surface area contributed by atoms with Gasteiger partial charge < -0.3 is 49.6 Å². The Morgan fingerprint density at radius 3 is 1.99 bits per heavy atom. The number of rotatable bonds is 6. The topological polar surface area (TPSA) is 163 Å². The fraction of sp³-hybridized carbons (Fsp3) is 0.0690. The summed E-state index contributed by atoms with van der Waals surface area (Å²) in [5.74, 6) is -5.65. The Balaban J connectivity index is 1.11. The van der Waals surface area contributed by atoms with Gasteiger partial charge in [-0.25, -0.2) is 0 Å². The number of aromatic nitrogens is 1. The summed E-state index contributed by atoms with van der Waals surface area (Å²) in [6.07, 6.45) is 11.2. The van der Waals surface area contributed by atoms with E-state index in [1.54, 1.807) is 48.5 Å². The first-order valence-corrected chi connectivity index (χ1v) is 22.2. The first-order valence-electron chi connectivity index (χ1n) is 22.2. The lowest BCUT2D eigenvalue weighted by Gasteiger charge is -2.32. The second-order valence-electron chi connectivity index (χ2n) is 17.9. The van der Waals surface area contributed by atoms with Crippen LogP contribution >= 0.6 is 0 Å². The molecule has 2 aliphatic carbocycles. The van der Waals surface area contributed by atoms with Crippen LogP contribution in [0.3, 0.4) is 0 Å². The fourth-order valence-corrected chi connectivity index (χ4v) is 10.7. The van der Waals surface area contributed by atoms with Crippen LogP contribution in [0.4, 0.5) is 17.1 Å². The second kappa shape index (κ2) is 14.7. The Morgan fingerprint density at radius 1 is 0.529 bits per heavy atom. The molecule has 0 bridgehead atoms. The lowest BCUT2D eigenvalue weighted by atomic mass is 9.81. The molecule has 0 fully saturated rings. The smallest absolute Gasteiger partial charge is 0.206 e. The van der Waals surface area contributed by atoms with Crippen LogP contribution in [0.2, 0.25) is 0 Å². The van der Waals surface area contributed by atoms with Gasteiger partial charge in [0.25, 0.3) is 0 Å². The van der Waals surface area contributed by atoms with Crippen LogP contribution in [0.15, 0.2) is 168 Å². The van der Waals surface area contributed by atoms with Crippen molar-refractivity contribution in [2.75, 3.05) is 4.90 Å². The van der Waals surface area contributed by atoms with Crippen LogP contribution in [0.5, 0.6) is 40.2 Å². The molecule has 0 radical (unpaired) electrons. The highest BCUT2D eigenvalue weighted by molar-refractivity contribution is 6.22. The molecule has 8 aromatic carbocycles. The molecule has 12 rings (SSSR count). The van der Waals surface area contributed by atoms with Gasteiger partial charge in [0.2, 0.25) is 11.5 Å². The van der Waals surface area contributed by atoms with Gasteiger partial charge in [0.05, 0.1) is 33.1 Å². The number of phenolic OH excluding ortho intramolecular Hbond substituents is 7. The largest absolute Gasteiger partial charge is 0.506 e. The fourth-order valence-electron chi connectivity index (χ4n) is 10.7. The molecule has 2 aromatic heterocycles. The summed E-state index contributed by atoms with van der Waals surface area (Å²) in [5, 5.41) is 81.5. The number of aromatic hydroxyl groups is 7. The Hall–Kier alpha value is -9.02. The minimum absolute atomic E-state index is 0.187. The summed E-state index contributed by atoms with van der Waals surface area (Å²) in [6, 6.07) is 43.0. The first-order chi connectivity index (χ1) is 33.0. The van der Waals surface area contributed by atoms with Crippen LogP contribution in [0.1, 0.15) is 37.0 Å². The number of fused-ring (bicyclic) bond motifs is 9. The summed E-state index contributed by atoms with van der Waals surface area (Å²) < 4.78 is 7.87. The van der Waals surface area contributed by atoms with E-state index in [4.69, 9.17) is 4.42 Å². The molecule has 10 nitrogen and oxygen atoms in total. The maximum atomic E-state index is 12.4. The van der Waals surface area contributed by atoms with Crippen molar-refractivity contribution in [3.05, 3.63) is 181 Å². The van der Waals surface area contributed by atoms with Crippen molar-refractivity contribution < 1.29 is 40.2 Å². The molecule has 332 valence electrons. The molecule has 10 heteroatoms. The lowest BCUT2D eigenvalue weighted by molar-refractivity contribution is 0.350. The highest BCUT2D eigenvalue weighted by Crippen LogP contribution is 2.60. The van der Waals surface area contributed by atoms with Gasteiger partial charge >= 0.3 is 0 Å². The van der Waals surface area contributed by atoms with Gasteiger partial charge in [-0.2, -0.15) is 0 Å².